The fraction of sp³-hybridized carbons (Fsp3) is 0.867. The summed E-state index contributed by atoms with van der Waals surface area (Å²) < 4.78 is 5.41. The number of urea groups is 1. The molecule has 1 saturated heterocycles. The first kappa shape index (κ1) is 17.8. The standard InChI is InChI=1S/C15H28N2O4/c1-15(2,3)12(8-13(18)19)16-14(20)17(4)9-11-6-5-7-21-10-11/h11-12H,5-10H2,1-4H3,(H,16,20)(H,18,19). The van der Waals surface area contributed by atoms with Gasteiger partial charge in [-0.3, -0.25) is 4.79 Å². The van der Waals surface area contributed by atoms with Crippen molar-refractivity contribution in [2.45, 2.75) is 46.1 Å². The minimum absolute atomic E-state index is 0.0738. The molecule has 1 fully saturated rings. The second kappa shape index (κ2) is 7.64. The molecule has 6 nitrogen and oxygen atoms in total. The molecule has 0 bridgehead atoms. The maximum atomic E-state index is 12.2. The van der Waals surface area contributed by atoms with Crippen molar-refractivity contribution < 1.29 is 19.4 Å². The number of carbonyl (C=O) groups is 2. The number of carboxylic acid groups (broad SMARTS) is 1. The highest BCUT2D eigenvalue weighted by molar-refractivity contribution is 5.75. The Morgan fingerprint density at radius 3 is 2.57 bits per heavy atom. The summed E-state index contributed by atoms with van der Waals surface area (Å²) in [5, 5.41) is 11.8. The van der Waals surface area contributed by atoms with E-state index in [-0.39, 0.29) is 17.9 Å². The summed E-state index contributed by atoms with van der Waals surface area (Å²) in [6.45, 7) is 7.91. The van der Waals surface area contributed by atoms with Gasteiger partial charge in [-0.15, -0.1) is 0 Å². The lowest BCUT2D eigenvalue weighted by atomic mass is 9.85. The van der Waals surface area contributed by atoms with Crippen molar-refractivity contribution in [2.24, 2.45) is 11.3 Å². The van der Waals surface area contributed by atoms with Gasteiger partial charge in [-0.25, -0.2) is 4.79 Å². The lowest BCUT2D eigenvalue weighted by molar-refractivity contribution is -0.138. The highest BCUT2D eigenvalue weighted by Gasteiger charge is 2.29. The molecule has 1 rings (SSSR count). The highest BCUT2D eigenvalue weighted by atomic mass is 16.5. The third-order valence-corrected chi connectivity index (χ3v) is 3.86. The third kappa shape index (κ3) is 6.33. The molecule has 0 radical (unpaired) electrons. The smallest absolute Gasteiger partial charge is 0.317 e. The van der Waals surface area contributed by atoms with E-state index in [0.717, 1.165) is 19.4 Å². The number of ether oxygens (including phenoxy) is 1. The van der Waals surface area contributed by atoms with Crippen LogP contribution in [0.15, 0.2) is 0 Å². The van der Waals surface area contributed by atoms with Crippen LogP contribution in [-0.2, 0) is 9.53 Å². The van der Waals surface area contributed by atoms with Crippen LogP contribution in [0.3, 0.4) is 0 Å². The lowest BCUT2D eigenvalue weighted by Crippen LogP contribution is -2.50. The summed E-state index contributed by atoms with van der Waals surface area (Å²) in [7, 11) is 1.74. The maximum absolute atomic E-state index is 12.2. The van der Waals surface area contributed by atoms with Crippen molar-refractivity contribution in [1.82, 2.24) is 10.2 Å². The largest absolute Gasteiger partial charge is 0.481 e. The maximum Gasteiger partial charge on any atom is 0.317 e. The van der Waals surface area contributed by atoms with Crippen LogP contribution in [0.2, 0.25) is 0 Å². The topological polar surface area (TPSA) is 78.9 Å². The molecule has 0 aromatic carbocycles. The molecule has 0 spiro atoms. The number of nitrogens with zero attached hydrogens (tertiary/aromatic N) is 1. The van der Waals surface area contributed by atoms with Gasteiger partial charge in [-0.2, -0.15) is 0 Å². The highest BCUT2D eigenvalue weighted by Crippen LogP contribution is 2.22. The van der Waals surface area contributed by atoms with Crippen molar-refractivity contribution in [3.63, 3.8) is 0 Å². The molecule has 0 aromatic heterocycles. The van der Waals surface area contributed by atoms with E-state index in [1.807, 2.05) is 20.8 Å². The zero-order chi connectivity index (χ0) is 16.0. The summed E-state index contributed by atoms with van der Waals surface area (Å²) in [5.74, 6) is -0.541. The van der Waals surface area contributed by atoms with E-state index in [1.54, 1.807) is 11.9 Å². The van der Waals surface area contributed by atoms with Crippen molar-refractivity contribution in [1.29, 1.82) is 0 Å². The number of carbonyl (C=O) groups excluding carboxylic acids is 1. The van der Waals surface area contributed by atoms with Crippen molar-refractivity contribution in [3.8, 4) is 0 Å². The second-order valence-corrected chi connectivity index (χ2v) is 6.93. The lowest BCUT2D eigenvalue weighted by Gasteiger charge is -2.33. The summed E-state index contributed by atoms with van der Waals surface area (Å²) in [6.07, 6.45) is 2.02. The predicted octanol–water partition coefficient (Wildman–Crippen LogP) is 1.94. The normalized spacial score (nSPS) is 20.7. The average molecular weight is 300 g/mol. The van der Waals surface area contributed by atoms with Crippen LogP contribution in [0.1, 0.15) is 40.0 Å². The Hall–Kier alpha value is -1.30. The summed E-state index contributed by atoms with van der Waals surface area (Å²) in [6, 6.07) is -0.616. The number of aliphatic carboxylic acids is 1. The number of amides is 2. The van der Waals surface area contributed by atoms with Gasteiger partial charge in [0, 0.05) is 32.2 Å². The Kier molecular flexibility index (Phi) is 6.45. The van der Waals surface area contributed by atoms with Crippen LogP contribution in [0.4, 0.5) is 4.79 Å². The molecule has 2 amide bonds. The Bertz CT molecular complexity index is 359. The van der Waals surface area contributed by atoms with Crippen molar-refractivity contribution >= 4 is 12.0 Å². The van der Waals surface area contributed by atoms with Gasteiger partial charge in [0.25, 0.3) is 0 Å². The van der Waals surface area contributed by atoms with E-state index in [4.69, 9.17) is 9.84 Å². The molecule has 1 aliphatic heterocycles. The zero-order valence-electron chi connectivity index (χ0n) is 13.5. The van der Waals surface area contributed by atoms with Gasteiger partial charge in [0.2, 0.25) is 0 Å². The second-order valence-electron chi connectivity index (χ2n) is 6.93. The molecule has 21 heavy (non-hydrogen) atoms. The van der Waals surface area contributed by atoms with Gasteiger partial charge in [-0.05, 0) is 18.3 Å². The van der Waals surface area contributed by atoms with E-state index < -0.39 is 12.0 Å². The number of nitrogens with one attached hydrogen (secondary N) is 1. The molecule has 0 aromatic rings. The van der Waals surface area contributed by atoms with Gasteiger partial charge < -0.3 is 20.1 Å². The first-order chi connectivity index (χ1) is 9.70. The summed E-state index contributed by atoms with van der Waals surface area (Å²) >= 11 is 0. The quantitative estimate of drug-likeness (QED) is 0.813. The van der Waals surface area contributed by atoms with E-state index in [9.17, 15) is 9.59 Å². The molecular formula is C15H28N2O4. The summed E-state index contributed by atoms with van der Waals surface area (Å²) in [5.41, 5.74) is -0.303. The molecule has 1 aliphatic rings. The van der Waals surface area contributed by atoms with Crippen LogP contribution in [0.5, 0.6) is 0 Å². The van der Waals surface area contributed by atoms with E-state index in [1.165, 1.54) is 0 Å². The predicted molar refractivity (Wildman–Crippen MR) is 80.2 cm³/mol. The molecule has 6 heteroatoms. The number of carboxylic acids is 1. The monoisotopic (exact) mass is 300 g/mol. The Labute approximate surface area is 126 Å². The average Bonchev–Trinajstić information content (AvgIpc) is 2.37. The van der Waals surface area contributed by atoms with Crippen molar-refractivity contribution in [3.05, 3.63) is 0 Å². The van der Waals surface area contributed by atoms with Crippen LogP contribution in [0, 0.1) is 11.3 Å². The van der Waals surface area contributed by atoms with Gasteiger partial charge in [0.15, 0.2) is 0 Å². The van der Waals surface area contributed by atoms with E-state index in [0.29, 0.717) is 19.1 Å². The minimum Gasteiger partial charge on any atom is -0.481 e. The Balaban J connectivity index is 2.53. The minimum atomic E-state index is -0.904. The number of hydrogen-bond donors (Lipinski definition) is 2. The van der Waals surface area contributed by atoms with Crippen molar-refractivity contribution in [2.75, 3.05) is 26.8 Å². The van der Waals surface area contributed by atoms with Crippen LogP contribution in [0.25, 0.3) is 0 Å². The zero-order valence-corrected chi connectivity index (χ0v) is 13.5. The molecular weight excluding hydrogens is 272 g/mol. The van der Waals surface area contributed by atoms with Crippen LogP contribution < -0.4 is 5.32 Å². The first-order valence-electron chi connectivity index (χ1n) is 7.51. The molecule has 122 valence electrons. The van der Waals surface area contributed by atoms with Gasteiger partial charge >= 0.3 is 12.0 Å². The molecule has 0 saturated carbocycles. The van der Waals surface area contributed by atoms with Gasteiger partial charge in [-0.1, -0.05) is 20.8 Å². The molecule has 2 unspecified atom stereocenters. The summed E-state index contributed by atoms with van der Waals surface area (Å²) in [4.78, 5) is 24.8. The van der Waals surface area contributed by atoms with Crippen LogP contribution in [-0.4, -0.2) is 54.9 Å². The van der Waals surface area contributed by atoms with Gasteiger partial charge in [0.05, 0.1) is 13.0 Å². The van der Waals surface area contributed by atoms with Crippen LogP contribution >= 0.6 is 0 Å². The van der Waals surface area contributed by atoms with E-state index >= 15 is 0 Å². The number of rotatable bonds is 5. The molecule has 2 atom stereocenters. The molecule has 1 heterocycles. The molecule has 2 N–H and O–H groups in total. The van der Waals surface area contributed by atoms with Gasteiger partial charge in [0.1, 0.15) is 0 Å². The number of hydrogen-bond acceptors (Lipinski definition) is 3. The fourth-order valence-electron chi connectivity index (χ4n) is 2.43. The SMILES string of the molecule is CN(CC1CCCOC1)C(=O)NC(CC(=O)O)C(C)(C)C. The van der Waals surface area contributed by atoms with E-state index in [2.05, 4.69) is 5.32 Å². The fourth-order valence-corrected chi connectivity index (χ4v) is 2.43. The third-order valence-electron chi connectivity index (χ3n) is 3.86. The Morgan fingerprint density at radius 2 is 2.10 bits per heavy atom. The first-order valence-corrected chi connectivity index (χ1v) is 7.51. The molecule has 0 aliphatic carbocycles. The Morgan fingerprint density at radius 1 is 1.43 bits per heavy atom.